The van der Waals surface area contributed by atoms with Crippen LogP contribution in [0.4, 0.5) is 8.78 Å². The molecule has 2 aromatic rings. The van der Waals surface area contributed by atoms with Crippen molar-refractivity contribution in [2.75, 3.05) is 0 Å². The lowest BCUT2D eigenvalue weighted by Gasteiger charge is -2.00. The smallest absolute Gasteiger partial charge is 0.142 e. The Balaban J connectivity index is 1.91. The molecule has 0 aromatic heterocycles. The highest BCUT2D eigenvalue weighted by Crippen LogP contribution is 2.10. The summed E-state index contributed by atoms with van der Waals surface area (Å²) in [6.45, 7) is -0.0325. The van der Waals surface area contributed by atoms with Gasteiger partial charge in [0.1, 0.15) is 24.5 Å². The predicted octanol–water partition coefficient (Wildman–Crippen LogP) is 4.05. The lowest BCUT2D eigenvalue weighted by Crippen LogP contribution is -1.91. The topological polar surface area (TPSA) is 21.6 Å². The molecule has 0 saturated carbocycles. The number of hydrogen-bond acceptors (Lipinski definition) is 2. The first-order chi connectivity index (χ1) is 9.13. The summed E-state index contributed by atoms with van der Waals surface area (Å²) in [6, 6.07) is 9.99. The third kappa shape index (κ3) is 4.34. The van der Waals surface area contributed by atoms with Gasteiger partial charge in [0.25, 0.3) is 0 Å². The van der Waals surface area contributed by atoms with E-state index in [9.17, 15) is 8.78 Å². The van der Waals surface area contributed by atoms with Gasteiger partial charge in [-0.05, 0) is 29.8 Å². The molecule has 0 amide bonds. The van der Waals surface area contributed by atoms with Gasteiger partial charge in [0.05, 0.1) is 0 Å². The van der Waals surface area contributed by atoms with E-state index in [4.69, 9.17) is 16.4 Å². The van der Waals surface area contributed by atoms with Gasteiger partial charge in [-0.15, -0.1) is 0 Å². The Morgan fingerprint density at radius 1 is 1.05 bits per heavy atom. The second-order valence-corrected chi connectivity index (χ2v) is 4.20. The quantitative estimate of drug-likeness (QED) is 0.612. The lowest BCUT2D eigenvalue weighted by atomic mass is 10.2. The Hall–Kier alpha value is -1.94. The highest BCUT2D eigenvalue weighted by Gasteiger charge is 2.00. The summed E-state index contributed by atoms with van der Waals surface area (Å²) in [7, 11) is 0. The maximum atomic E-state index is 12.9. The molecule has 0 saturated heterocycles. The van der Waals surface area contributed by atoms with Crippen molar-refractivity contribution < 1.29 is 13.6 Å². The van der Waals surface area contributed by atoms with Crippen LogP contribution in [0.25, 0.3) is 0 Å². The third-order valence-corrected chi connectivity index (χ3v) is 2.49. The summed E-state index contributed by atoms with van der Waals surface area (Å²) in [5, 5.41) is 4.20. The lowest BCUT2D eigenvalue weighted by molar-refractivity contribution is 0.131. The monoisotopic (exact) mass is 280 g/mol. The van der Waals surface area contributed by atoms with Crippen LogP contribution in [0, 0.1) is 11.6 Å². The van der Waals surface area contributed by atoms with Crippen LogP contribution in [-0.2, 0) is 11.4 Å². The normalized spacial score (nSPS) is 10.9. The zero-order valence-corrected chi connectivity index (χ0v) is 10.5. The van der Waals surface area contributed by atoms with Crippen LogP contribution in [0.2, 0.25) is 5.02 Å². The molecule has 0 aliphatic rings. The van der Waals surface area contributed by atoms with Gasteiger partial charge in [0, 0.05) is 16.7 Å². The molecule has 0 bridgehead atoms. The molecule has 5 heteroatoms. The van der Waals surface area contributed by atoms with Crippen LogP contribution in [-0.4, -0.2) is 6.21 Å². The molecule has 0 atom stereocenters. The van der Waals surface area contributed by atoms with Gasteiger partial charge < -0.3 is 4.84 Å². The minimum atomic E-state index is -0.649. The number of nitrogens with zero attached hydrogens (tertiary/aromatic N) is 1. The highest BCUT2D eigenvalue weighted by atomic mass is 35.5. The van der Waals surface area contributed by atoms with E-state index in [0.29, 0.717) is 16.1 Å². The molecule has 97 valence electrons. The number of benzene rings is 2. The van der Waals surface area contributed by atoms with E-state index in [2.05, 4.69) is 11.4 Å². The summed E-state index contributed by atoms with van der Waals surface area (Å²) in [4.78, 5) is 4.91. The fourth-order valence-electron chi connectivity index (χ4n) is 1.41. The first-order valence-corrected chi connectivity index (χ1v) is 5.80. The Morgan fingerprint density at radius 2 is 1.68 bits per heavy atom. The van der Waals surface area contributed by atoms with Gasteiger partial charge in [-0.1, -0.05) is 28.9 Å². The van der Waals surface area contributed by atoms with Gasteiger partial charge >= 0.3 is 0 Å². The number of rotatable bonds is 4. The molecule has 0 heterocycles. The largest absolute Gasteiger partial charge is 0.390 e. The fourth-order valence-corrected chi connectivity index (χ4v) is 1.54. The van der Waals surface area contributed by atoms with Crippen molar-refractivity contribution in [1.82, 2.24) is 0 Å². The first-order valence-electron chi connectivity index (χ1n) is 5.42. The summed E-state index contributed by atoms with van der Waals surface area (Å²) in [5.74, 6) is -1.30. The van der Waals surface area contributed by atoms with E-state index in [1.54, 1.807) is 24.3 Å². The molecule has 2 aromatic carbocycles. The zero-order valence-electron chi connectivity index (χ0n) is 9.74. The maximum Gasteiger partial charge on any atom is 0.142 e. The van der Waals surface area contributed by atoms with Crippen LogP contribution in [0.15, 0.2) is 47.6 Å². The van der Waals surface area contributed by atoms with Crippen LogP contribution >= 0.6 is 11.6 Å². The van der Waals surface area contributed by atoms with E-state index >= 15 is 0 Å². The molecule has 0 unspecified atom stereocenters. The van der Waals surface area contributed by atoms with Crippen molar-refractivity contribution in [2.24, 2.45) is 5.16 Å². The van der Waals surface area contributed by atoms with Crippen molar-refractivity contribution in [3.63, 3.8) is 0 Å². The molecule has 19 heavy (non-hydrogen) atoms. The van der Waals surface area contributed by atoms with Crippen molar-refractivity contribution >= 4 is 17.8 Å². The first kappa shape index (κ1) is 13.5. The minimum absolute atomic E-state index is 0.0325. The molecular weight excluding hydrogens is 272 g/mol. The Kier molecular flexibility index (Phi) is 4.47. The van der Waals surface area contributed by atoms with Crippen LogP contribution in [0.1, 0.15) is 11.1 Å². The van der Waals surface area contributed by atoms with Gasteiger partial charge in [-0.25, -0.2) is 8.78 Å². The zero-order chi connectivity index (χ0) is 13.7. The van der Waals surface area contributed by atoms with E-state index in [1.165, 1.54) is 12.1 Å². The molecule has 2 rings (SSSR count). The van der Waals surface area contributed by atoms with Crippen LogP contribution in [0.5, 0.6) is 0 Å². The van der Waals surface area contributed by atoms with Crippen molar-refractivity contribution in [2.45, 2.75) is 6.61 Å². The van der Waals surface area contributed by atoms with Gasteiger partial charge in [0.15, 0.2) is 0 Å². The Labute approximate surface area is 114 Å². The molecule has 0 aliphatic carbocycles. The van der Waals surface area contributed by atoms with E-state index in [0.717, 1.165) is 6.07 Å². The number of halogens is 3. The summed E-state index contributed by atoms with van der Waals surface area (Å²) in [6.07, 6.45) is 2.63. The summed E-state index contributed by atoms with van der Waals surface area (Å²) >= 11 is 5.72. The fraction of sp³-hybridized carbons (Fsp3) is 0.0714. The molecule has 1 radical (unpaired) electrons. The molecule has 0 fully saturated rings. The van der Waals surface area contributed by atoms with Crippen molar-refractivity contribution in [3.05, 3.63) is 70.2 Å². The van der Waals surface area contributed by atoms with E-state index in [1.807, 2.05) is 0 Å². The van der Waals surface area contributed by atoms with Gasteiger partial charge in [-0.3, -0.25) is 0 Å². The Morgan fingerprint density at radius 3 is 2.32 bits per heavy atom. The maximum absolute atomic E-state index is 12.9. The van der Waals surface area contributed by atoms with Crippen LogP contribution in [0.3, 0.4) is 0 Å². The second-order valence-electron chi connectivity index (χ2n) is 3.76. The van der Waals surface area contributed by atoms with E-state index < -0.39 is 11.6 Å². The second kappa shape index (κ2) is 6.29. The average Bonchev–Trinajstić information content (AvgIpc) is 2.36. The average molecular weight is 281 g/mol. The molecule has 0 N–H and O–H groups in total. The minimum Gasteiger partial charge on any atom is -0.390 e. The standard InChI is InChI=1S/C14H9ClF2NO/c15-12-3-1-10(2-4-12)8-18-19-9-11-5-13(16)7-14(17)6-11/h1-7H,9H2. The molecule has 0 spiro atoms. The predicted molar refractivity (Wildman–Crippen MR) is 69.1 cm³/mol. The molecule has 2 nitrogen and oxygen atoms in total. The highest BCUT2D eigenvalue weighted by molar-refractivity contribution is 6.30. The molecular formula is C14H9ClF2NO. The molecule has 0 aliphatic heterocycles. The Bertz CT molecular complexity index is 564. The van der Waals surface area contributed by atoms with E-state index in [-0.39, 0.29) is 6.61 Å². The van der Waals surface area contributed by atoms with Crippen molar-refractivity contribution in [3.8, 4) is 0 Å². The van der Waals surface area contributed by atoms with Gasteiger partial charge in [-0.2, -0.15) is 0 Å². The third-order valence-electron chi connectivity index (χ3n) is 2.24. The summed E-state index contributed by atoms with van der Waals surface area (Å²) in [5.41, 5.74) is 1.05. The SMILES string of the molecule is Fc1cc(F)cc(CO/N=[C]\c2ccc(Cl)cc2)c1. The van der Waals surface area contributed by atoms with Crippen LogP contribution < -0.4 is 0 Å². The summed E-state index contributed by atoms with van der Waals surface area (Å²) < 4.78 is 25.8. The number of hydrogen-bond donors (Lipinski definition) is 0. The van der Waals surface area contributed by atoms with Gasteiger partial charge in [0.2, 0.25) is 0 Å². The van der Waals surface area contributed by atoms with Crippen molar-refractivity contribution in [1.29, 1.82) is 0 Å².